The van der Waals surface area contributed by atoms with E-state index in [0.29, 0.717) is 12.2 Å². The van der Waals surface area contributed by atoms with E-state index < -0.39 is 10.0 Å². The van der Waals surface area contributed by atoms with E-state index in [-0.39, 0.29) is 23.1 Å². The minimum absolute atomic E-state index is 0.103. The summed E-state index contributed by atoms with van der Waals surface area (Å²) in [6, 6.07) is 11.0. The van der Waals surface area contributed by atoms with E-state index in [4.69, 9.17) is 4.74 Å². The summed E-state index contributed by atoms with van der Waals surface area (Å²) in [5, 5.41) is 0. The van der Waals surface area contributed by atoms with Gasteiger partial charge in [0.1, 0.15) is 5.82 Å². The summed E-state index contributed by atoms with van der Waals surface area (Å²) in [6.45, 7) is 2.05. The molecule has 0 saturated carbocycles. The summed E-state index contributed by atoms with van der Waals surface area (Å²) >= 11 is 0. The van der Waals surface area contributed by atoms with E-state index in [9.17, 15) is 13.2 Å². The first kappa shape index (κ1) is 16.0. The van der Waals surface area contributed by atoms with Gasteiger partial charge in [-0.15, -0.1) is 0 Å². The number of carbonyl (C=O) groups is 1. The molecule has 0 spiro atoms. The first-order valence-corrected chi connectivity index (χ1v) is 8.18. The van der Waals surface area contributed by atoms with Crippen molar-refractivity contribution in [2.75, 3.05) is 11.3 Å². The number of hydrogen-bond donors (Lipinski definition) is 1. The molecule has 0 amide bonds. The van der Waals surface area contributed by atoms with Crippen molar-refractivity contribution in [2.24, 2.45) is 0 Å². The third kappa shape index (κ3) is 4.29. The molecule has 2 rings (SSSR count). The molecule has 1 N–H and O–H groups in total. The number of hydrogen-bond acceptors (Lipinski definition) is 5. The van der Waals surface area contributed by atoms with E-state index in [0.717, 1.165) is 0 Å². The Morgan fingerprint density at radius 3 is 2.50 bits per heavy atom. The zero-order valence-electron chi connectivity index (χ0n) is 12.0. The highest BCUT2D eigenvalue weighted by Crippen LogP contribution is 2.15. The predicted molar refractivity (Wildman–Crippen MR) is 81.8 cm³/mol. The number of benzene rings is 1. The average Bonchev–Trinajstić information content (AvgIpc) is 2.48. The first-order valence-electron chi connectivity index (χ1n) is 6.69. The number of nitrogens with zero attached hydrogens (tertiary/aromatic N) is 1. The van der Waals surface area contributed by atoms with Gasteiger partial charge in [0.25, 0.3) is 10.0 Å². The standard InChI is InChI=1S/C15H16N2O4S/c1-2-21-15(18)11-12-6-8-13(9-7-12)22(19,20)17-14-5-3-4-10-16-14/h3-10H,2,11H2,1H3,(H,16,17). The third-order valence-electron chi connectivity index (χ3n) is 2.79. The number of anilines is 1. The van der Waals surface area contributed by atoms with E-state index in [1.165, 1.54) is 18.3 Å². The van der Waals surface area contributed by atoms with Crippen LogP contribution in [0.1, 0.15) is 12.5 Å². The third-order valence-corrected chi connectivity index (χ3v) is 4.16. The summed E-state index contributed by atoms with van der Waals surface area (Å²) in [5.74, 6) is -0.0946. The van der Waals surface area contributed by atoms with Gasteiger partial charge in [-0.1, -0.05) is 18.2 Å². The summed E-state index contributed by atoms with van der Waals surface area (Å²) in [4.78, 5) is 15.4. The Bertz CT molecular complexity index is 728. The van der Waals surface area contributed by atoms with Gasteiger partial charge in [-0.3, -0.25) is 9.52 Å². The number of rotatable bonds is 6. The Morgan fingerprint density at radius 2 is 1.91 bits per heavy atom. The Hall–Kier alpha value is -2.41. The van der Waals surface area contributed by atoms with Crippen LogP contribution in [0.4, 0.5) is 5.82 Å². The average molecular weight is 320 g/mol. The lowest BCUT2D eigenvalue weighted by molar-refractivity contribution is -0.142. The smallest absolute Gasteiger partial charge is 0.310 e. The number of nitrogens with one attached hydrogen (secondary N) is 1. The highest BCUT2D eigenvalue weighted by Gasteiger charge is 2.15. The minimum Gasteiger partial charge on any atom is -0.466 e. The summed E-state index contributed by atoms with van der Waals surface area (Å²) < 4.78 is 31.6. The molecule has 6 nitrogen and oxygen atoms in total. The second-order valence-electron chi connectivity index (χ2n) is 4.45. The summed E-state index contributed by atoms with van der Waals surface area (Å²) in [6.07, 6.45) is 1.61. The fourth-order valence-corrected chi connectivity index (χ4v) is 2.79. The van der Waals surface area contributed by atoms with Crippen LogP contribution in [0.3, 0.4) is 0 Å². The van der Waals surface area contributed by atoms with E-state index in [1.807, 2.05) is 0 Å². The largest absolute Gasteiger partial charge is 0.466 e. The Labute approximate surface area is 129 Å². The normalized spacial score (nSPS) is 11.0. The van der Waals surface area contributed by atoms with Gasteiger partial charge < -0.3 is 4.74 Å². The second kappa shape index (κ2) is 7.04. The van der Waals surface area contributed by atoms with E-state index >= 15 is 0 Å². The molecule has 0 unspecified atom stereocenters. The van der Waals surface area contributed by atoms with Crippen LogP contribution in [0.15, 0.2) is 53.6 Å². The Morgan fingerprint density at radius 1 is 1.18 bits per heavy atom. The van der Waals surface area contributed by atoms with Gasteiger partial charge in [-0.25, -0.2) is 13.4 Å². The van der Waals surface area contributed by atoms with Gasteiger partial charge >= 0.3 is 5.97 Å². The van der Waals surface area contributed by atoms with Gasteiger partial charge in [0.15, 0.2) is 0 Å². The molecule has 1 aromatic carbocycles. The van der Waals surface area contributed by atoms with Crippen LogP contribution in [-0.4, -0.2) is 26.0 Å². The minimum atomic E-state index is -3.70. The fraction of sp³-hybridized carbons (Fsp3) is 0.200. The molecule has 116 valence electrons. The van der Waals surface area contributed by atoms with Crippen LogP contribution in [0.2, 0.25) is 0 Å². The second-order valence-corrected chi connectivity index (χ2v) is 6.13. The predicted octanol–water partition coefficient (Wildman–Crippen LogP) is 1.99. The lowest BCUT2D eigenvalue weighted by Crippen LogP contribution is -2.14. The lowest BCUT2D eigenvalue weighted by Gasteiger charge is -2.08. The molecule has 0 bridgehead atoms. The Balaban J connectivity index is 2.10. The zero-order valence-corrected chi connectivity index (χ0v) is 12.8. The quantitative estimate of drug-likeness (QED) is 0.823. The van der Waals surface area contributed by atoms with Crippen LogP contribution in [0, 0.1) is 0 Å². The SMILES string of the molecule is CCOC(=O)Cc1ccc(S(=O)(=O)Nc2ccccn2)cc1. The van der Waals surface area contributed by atoms with Crippen molar-refractivity contribution in [3.63, 3.8) is 0 Å². The molecule has 0 saturated heterocycles. The molecule has 0 atom stereocenters. The van der Waals surface area contributed by atoms with E-state index in [2.05, 4.69) is 9.71 Å². The van der Waals surface area contributed by atoms with E-state index in [1.54, 1.807) is 37.3 Å². The van der Waals surface area contributed by atoms with Crippen molar-refractivity contribution in [3.05, 3.63) is 54.2 Å². The highest BCUT2D eigenvalue weighted by molar-refractivity contribution is 7.92. The van der Waals surface area contributed by atoms with Crippen molar-refractivity contribution >= 4 is 21.8 Å². The van der Waals surface area contributed by atoms with Crippen molar-refractivity contribution in [1.82, 2.24) is 4.98 Å². The number of ether oxygens (including phenoxy) is 1. The van der Waals surface area contributed by atoms with Crippen molar-refractivity contribution < 1.29 is 17.9 Å². The number of sulfonamides is 1. The molecule has 2 aromatic rings. The first-order chi connectivity index (χ1) is 10.5. The molecule has 0 aliphatic carbocycles. The molecule has 7 heteroatoms. The number of carbonyl (C=O) groups excluding carboxylic acids is 1. The molecule has 0 radical (unpaired) electrons. The number of pyridine rings is 1. The monoisotopic (exact) mass is 320 g/mol. The van der Waals surface area contributed by atoms with Gasteiger partial charge in [0.05, 0.1) is 17.9 Å². The highest BCUT2D eigenvalue weighted by atomic mass is 32.2. The molecule has 0 fully saturated rings. The molecule has 0 aliphatic rings. The van der Waals surface area contributed by atoms with Crippen LogP contribution in [0.25, 0.3) is 0 Å². The maximum atomic E-state index is 12.2. The van der Waals surface area contributed by atoms with Gasteiger partial charge in [0.2, 0.25) is 0 Å². The van der Waals surface area contributed by atoms with Gasteiger partial charge in [-0.2, -0.15) is 0 Å². The molecular formula is C15H16N2O4S. The van der Waals surface area contributed by atoms with Crippen LogP contribution < -0.4 is 4.72 Å². The van der Waals surface area contributed by atoms with Crippen molar-refractivity contribution in [2.45, 2.75) is 18.2 Å². The molecule has 1 aromatic heterocycles. The van der Waals surface area contributed by atoms with Gasteiger partial charge in [0, 0.05) is 6.20 Å². The number of esters is 1. The Kier molecular flexibility index (Phi) is 5.11. The van der Waals surface area contributed by atoms with Crippen LogP contribution >= 0.6 is 0 Å². The maximum absolute atomic E-state index is 12.2. The molecule has 0 aliphatic heterocycles. The molecular weight excluding hydrogens is 304 g/mol. The fourth-order valence-electron chi connectivity index (χ4n) is 1.78. The lowest BCUT2D eigenvalue weighted by atomic mass is 10.1. The number of aromatic nitrogens is 1. The van der Waals surface area contributed by atoms with Crippen LogP contribution in [0.5, 0.6) is 0 Å². The summed E-state index contributed by atoms with van der Waals surface area (Å²) in [5.41, 5.74) is 0.690. The molecule has 1 heterocycles. The van der Waals surface area contributed by atoms with Crippen molar-refractivity contribution in [1.29, 1.82) is 0 Å². The van der Waals surface area contributed by atoms with Gasteiger partial charge in [-0.05, 0) is 36.8 Å². The van der Waals surface area contributed by atoms with Crippen LogP contribution in [-0.2, 0) is 26.0 Å². The molecule has 22 heavy (non-hydrogen) atoms. The van der Waals surface area contributed by atoms with Crippen molar-refractivity contribution in [3.8, 4) is 0 Å². The summed E-state index contributed by atoms with van der Waals surface area (Å²) in [7, 11) is -3.70. The zero-order chi connectivity index (χ0) is 16.0. The topological polar surface area (TPSA) is 85.4 Å². The maximum Gasteiger partial charge on any atom is 0.310 e.